The molecular weight excluding hydrogens is 248 g/mol. The average molecular weight is 274 g/mol. The molecule has 0 bridgehead atoms. The van der Waals surface area contributed by atoms with E-state index in [1.54, 1.807) is 4.31 Å². The van der Waals surface area contributed by atoms with Gasteiger partial charge < -0.3 is 5.32 Å². The predicted octanol–water partition coefficient (Wildman–Crippen LogP) is 1.44. The molecule has 0 spiro atoms. The van der Waals surface area contributed by atoms with Gasteiger partial charge in [0.15, 0.2) is 0 Å². The van der Waals surface area contributed by atoms with Crippen LogP contribution in [0.4, 0.5) is 0 Å². The topological polar surface area (TPSA) is 49.4 Å². The van der Waals surface area contributed by atoms with Crippen LogP contribution in [0.3, 0.4) is 0 Å². The third-order valence-electron chi connectivity index (χ3n) is 3.91. The summed E-state index contributed by atoms with van der Waals surface area (Å²) in [5.74, 6) is 1.28. The van der Waals surface area contributed by atoms with Gasteiger partial charge in [0.2, 0.25) is 10.0 Å². The molecule has 0 aromatic heterocycles. The third-order valence-corrected chi connectivity index (χ3v) is 6.09. The van der Waals surface area contributed by atoms with E-state index in [0.717, 1.165) is 32.4 Å². The smallest absolute Gasteiger partial charge is 0.214 e. The molecule has 1 atom stereocenters. The van der Waals surface area contributed by atoms with Crippen LogP contribution in [0.25, 0.3) is 0 Å². The van der Waals surface area contributed by atoms with Crippen LogP contribution < -0.4 is 5.32 Å². The van der Waals surface area contributed by atoms with Gasteiger partial charge in [-0.25, -0.2) is 8.42 Å². The van der Waals surface area contributed by atoms with Crippen molar-refractivity contribution in [3.63, 3.8) is 0 Å². The van der Waals surface area contributed by atoms with Gasteiger partial charge in [0.1, 0.15) is 0 Å². The second-order valence-electron chi connectivity index (χ2n) is 6.10. The molecule has 1 saturated heterocycles. The fourth-order valence-electron chi connectivity index (χ4n) is 2.66. The van der Waals surface area contributed by atoms with Crippen LogP contribution in [-0.2, 0) is 10.0 Å². The van der Waals surface area contributed by atoms with Crippen molar-refractivity contribution in [3.8, 4) is 0 Å². The van der Waals surface area contributed by atoms with Gasteiger partial charge in [0, 0.05) is 12.6 Å². The van der Waals surface area contributed by atoms with Crippen LogP contribution in [0.5, 0.6) is 0 Å². The van der Waals surface area contributed by atoms with E-state index in [0.29, 0.717) is 24.1 Å². The van der Waals surface area contributed by atoms with Crippen molar-refractivity contribution in [3.05, 3.63) is 0 Å². The Bertz CT molecular complexity index is 357. The fourth-order valence-corrected chi connectivity index (χ4v) is 4.86. The van der Waals surface area contributed by atoms with Gasteiger partial charge in [0.25, 0.3) is 0 Å². The lowest BCUT2D eigenvalue weighted by Gasteiger charge is -2.32. The predicted molar refractivity (Wildman–Crippen MR) is 73.9 cm³/mol. The lowest BCUT2D eigenvalue weighted by atomic mass is 9.99. The molecule has 1 unspecified atom stereocenters. The number of sulfonamides is 1. The SMILES string of the molecule is CC(C)N(CC1CCCNC1)S(=O)(=O)CC1CC1. The molecule has 1 N–H and O–H groups in total. The van der Waals surface area contributed by atoms with Gasteiger partial charge in [-0.1, -0.05) is 0 Å². The Morgan fingerprint density at radius 2 is 1.94 bits per heavy atom. The summed E-state index contributed by atoms with van der Waals surface area (Å²) in [6.45, 7) is 6.70. The fraction of sp³-hybridized carbons (Fsp3) is 1.00. The lowest BCUT2D eigenvalue weighted by molar-refractivity contribution is 0.263. The minimum atomic E-state index is -3.05. The molecule has 2 aliphatic rings. The molecule has 4 nitrogen and oxygen atoms in total. The van der Waals surface area contributed by atoms with E-state index < -0.39 is 10.0 Å². The summed E-state index contributed by atoms with van der Waals surface area (Å²) >= 11 is 0. The second kappa shape index (κ2) is 5.88. The number of hydrogen-bond donors (Lipinski definition) is 1. The highest BCUT2D eigenvalue weighted by molar-refractivity contribution is 7.89. The van der Waals surface area contributed by atoms with Crippen molar-refractivity contribution in [1.29, 1.82) is 0 Å². The normalized spacial score (nSPS) is 25.9. The molecule has 5 heteroatoms. The first-order valence-corrected chi connectivity index (χ1v) is 8.80. The average Bonchev–Trinajstić information content (AvgIpc) is 3.10. The minimum absolute atomic E-state index is 0.0793. The molecule has 0 aromatic rings. The number of nitrogens with one attached hydrogen (secondary N) is 1. The first-order valence-electron chi connectivity index (χ1n) is 7.19. The van der Waals surface area contributed by atoms with Crippen molar-refractivity contribution in [2.75, 3.05) is 25.4 Å². The van der Waals surface area contributed by atoms with Crippen molar-refractivity contribution < 1.29 is 8.42 Å². The highest BCUT2D eigenvalue weighted by atomic mass is 32.2. The summed E-state index contributed by atoms with van der Waals surface area (Å²) in [4.78, 5) is 0. The highest BCUT2D eigenvalue weighted by Gasteiger charge is 2.34. The maximum atomic E-state index is 12.4. The van der Waals surface area contributed by atoms with Crippen LogP contribution in [0.2, 0.25) is 0 Å². The monoisotopic (exact) mass is 274 g/mol. The Morgan fingerprint density at radius 3 is 2.44 bits per heavy atom. The van der Waals surface area contributed by atoms with Gasteiger partial charge in [-0.15, -0.1) is 0 Å². The molecule has 0 radical (unpaired) electrons. The van der Waals surface area contributed by atoms with Crippen molar-refractivity contribution in [1.82, 2.24) is 9.62 Å². The minimum Gasteiger partial charge on any atom is -0.316 e. The molecular formula is C13H26N2O2S. The van der Waals surface area contributed by atoms with Crippen LogP contribution in [0.15, 0.2) is 0 Å². The molecule has 2 rings (SSSR count). The first kappa shape index (κ1) is 14.3. The van der Waals surface area contributed by atoms with Crippen LogP contribution >= 0.6 is 0 Å². The Balaban J connectivity index is 1.97. The quantitative estimate of drug-likeness (QED) is 0.797. The summed E-state index contributed by atoms with van der Waals surface area (Å²) in [6.07, 6.45) is 4.50. The van der Waals surface area contributed by atoms with E-state index >= 15 is 0 Å². The zero-order valence-corrected chi connectivity index (χ0v) is 12.4. The van der Waals surface area contributed by atoms with Crippen LogP contribution in [-0.4, -0.2) is 44.2 Å². The number of rotatable bonds is 6. The maximum absolute atomic E-state index is 12.4. The Kier molecular flexibility index (Phi) is 4.67. The zero-order valence-electron chi connectivity index (χ0n) is 11.6. The summed E-state index contributed by atoms with van der Waals surface area (Å²) in [6, 6.07) is 0.0793. The molecule has 18 heavy (non-hydrogen) atoms. The Hall–Kier alpha value is -0.130. The maximum Gasteiger partial charge on any atom is 0.214 e. The summed E-state index contributed by atoms with van der Waals surface area (Å²) in [5.41, 5.74) is 0. The molecule has 1 aliphatic heterocycles. The zero-order chi connectivity index (χ0) is 13.2. The van der Waals surface area contributed by atoms with Gasteiger partial charge in [-0.05, 0) is 64.5 Å². The standard InChI is InChI=1S/C13H26N2O2S/c1-11(2)15(9-13-4-3-7-14-8-13)18(16,17)10-12-5-6-12/h11-14H,3-10H2,1-2H3. The third kappa shape index (κ3) is 3.93. The van der Waals surface area contributed by atoms with Gasteiger partial charge >= 0.3 is 0 Å². The number of hydrogen-bond acceptors (Lipinski definition) is 3. The molecule has 1 aliphatic carbocycles. The van der Waals surface area contributed by atoms with Gasteiger partial charge in [-0.3, -0.25) is 0 Å². The second-order valence-corrected chi connectivity index (χ2v) is 8.06. The summed E-state index contributed by atoms with van der Waals surface area (Å²) in [7, 11) is -3.05. The number of piperidine rings is 1. The molecule has 0 amide bonds. The van der Waals surface area contributed by atoms with E-state index in [1.807, 2.05) is 13.8 Å². The lowest BCUT2D eigenvalue weighted by Crippen LogP contribution is -2.45. The van der Waals surface area contributed by atoms with Crippen molar-refractivity contribution >= 4 is 10.0 Å². The van der Waals surface area contributed by atoms with Crippen molar-refractivity contribution in [2.24, 2.45) is 11.8 Å². The molecule has 1 heterocycles. The first-order chi connectivity index (χ1) is 8.49. The van der Waals surface area contributed by atoms with E-state index in [4.69, 9.17) is 0 Å². The highest BCUT2D eigenvalue weighted by Crippen LogP contribution is 2.32. The number of nitrogens with zero attached hydrogens (tertiary/aromatic N) is 1. The Labute approximate surface area is 111 Å². The van der Waals surface area contributed by atoms with E-state index in [9.17, 15) is 8.42 Å². The largest absolute Gasteiger partial charge is 0.316 e. The van der Waals surface area contributed by atoms with Crippen molar-refractivity contribution in [2.45, 2.75) is 45.6 Å². The molecule has 106 valence electrons. The molecule has 2 fully saturated rings. The van der Waals surface area contributed by atoms with Crippen LogP contribution in [0, 0.1) is 11.8 Å². The van der Waals surface area contributed by atoms with E-state index in [1.165, 1.54) is 6.42 Å². The molecule has 0 aromatic carbocycles. The summed E-state index contributed by atoms with van der Waals surface area (Å²) in [5, 5.41) is 3.36. The van der Waals surface area contributed by atoms with E-state index in [-0.39, 0.29) is 6.04 Å². The Morgan fingerprint density at radius 1 is 1.22 bits per heavy atom. The van der Waals surface area contributed by atoms with Gasteiger partial charge in [0.05, 0.1) is 5.75 Å². The van der Waals surface area contributed by atoms with Gasteiger partial charge in [-0.2, -0.15) is 4.31 Å². The van der Waals surface area contributed by atoms with Crippen LogP contribution in [0.1, 0.15) is 39.5 Å². The molecule has 1 saturated carbocycles. The summed E-state index contributed by atoms with van der Waals surface area (Å²) < 4.78 is 26.5. The van der Waals surface area contributed by atoms with E-state index in [2.05, 4.69) is 5.32 Å².